The topological polar surface area (TPSA) is 84.6 Å². The Hall–Kier alpha value is -2.94. The highest BCUT2D eigenvalue weighted by Gasteiger charge is 2.25. The van der Waals surface area contributed by atoms with Gasteiger partial charge in [-0.1, -0.05) is 12.1 Å². The molecule has 1 aromatic heterocycles. The van der Waals surface area contributed by atoms with Crippen LogP contribution in [0.25, 0.3) is 0 Å². The molecule has 33 heavy (non-hydrogen) atoms. The van der Waals surface area contributed by atoms with E-state index in [1.807, 2.05) is 29.2 Å². The number of hydrogen-bond donors (Lipinski definition) is 1. The summed E-state index contributed by atoms with van der Waals surface area (Å²) >= 11 is 0. The van der Waals surface area contributed by atoms with E-state index in [-0.39, 0.29) is 36.3 Å². The van der Waals surface area contributed by atoms with Crippen LogP contribution in [0.15, 0.2) is 60.9 Å². The lowest BCUT2D eigenvalue weighted by molar-refractivity contribution is 0.0741. The van der Waals surface area contributed by atoms with Crippen LogP contribution in [-0.2, 0) is 6.42 Å². The Labute approximate surface area is 204 Å². The Bertz CT molecular complexity index is 1030. The fourth-order valence-electron chi connectivity index (χ4n) is 3.49. The quantitative estimate of drug-likeness (QED) is 0.563. The van der Waals surface area contributed by atoms with Crippen LogP contribution in [-0.4, -0.2) is 53.5 Å². The van der Waals surface area contributed by atoms with E-state index in [2.05, 4.69) is 9.97 Å². The molecule has 2 N–H and O–H groups in total. The summed E-state index contributed by atoms with van der Waals surface area (Å²) in [5, 5.41) is 0. The first kappa shape index (κ1) is 26.3. The number of benzene rings is 2. The Morgan fingerprint density at radius 3 is 2.24 bits per heavy atom. The number of piperazine rings is 1. The van der Waals surface area contributed by atoms with Gasteiger partial charge in [-0.25, -0.2) is 14.4 Å². The van der Waals surface area contributed by atoms with Crippen molar-refractivity contribution in [2.24, 2.45) is 5.73 Å². The third-order valence-electron chi connectivity index (χ3n) is 5.16. The molecule has 0 aliphatic carbocycles. The van der Waals surface area contributed by atoms with E-state index >= 15 is 0 Å². The van der Waals surface area contributed by atoms with Gasteiger partial charge in [0.15, 0.2) is 0 Å². The van der Waals surface area contributed by atoms with E-state index in [4.69, 9.17) is 10.5 Å². The van der Waals surface area contributed by atoms with E-state index in [0.29, 0.717) is 50.2 Å². The molecule has 2 aromatic carbocycles. The van der Waals surface area contributed by atoms with Crippen molar-refractivity contribution in [1.29, 1.82) is 0 Å². The molecule has 0 saturated carbocycles. The SMILES string of the molecule is Cl.Cl.NCCc1ccc(Oc2ccc(F)c(C(=O)N3CCN(c4ncccn4)CC3)c2)cc1. The lowest BCUT2D eigenvalue weighted by Gasteiger charge is -2.34. The molecule has 2 heterocycles. The van der Waals surface area contributed by atoms with E-state index in [1.54, 1.807) is 23.4 Å². The largest absolute Gasteiger partial charge is 0.457 e. The molecular formula is C23H26Cl2FN5O2. The number of hydrogen-bond acceptors (Lipinski definition) is 6. The number of nitrogens with zero attached hydrogens (tertiary/aromatic N) is 4. The number of amides is 1. The number of carbonyl (C=O) groups excluding carboxylic acids is 1. The van der Waals surface area contributed by atoms with Crippen molar-refractivity contribution >= 4 is 36.7 Å². The first-order valence-electron chi connectivity index (χ1n) is 10.2. The van der Waals surface area contributed by atoms with Crippen molar-refractivity contribution in [3.05, 3.63) is 77.9 Å². The molecule has 1 aliphatic rings. The third kappa shape index (κ3) is 6.54. The van der Waals surface area contributed by atoms with Gasteiger partial charge in [0.05, 0.1) is 5.56 Å². The summed E-state index contributed by atoms with van der Waals surface area (Å²) < 4.78 is 20.3. The Balaban J connectivity index is 0.00000193. The number of ether oxygens (including phenoxy) is 1. The molecule has 1 amide bonds. The zero-order valence-electron chi connectivity index (χ0n) is 17.9. The summed E-state index contributed by atoms with van der Waals surface area (Å²) in [6, 6.07) is 13.5. The lowest BCUT2D eigenvalue weighted by Crippen LogP contribution is -2.49. The molecule has 1 saturated heterocycles. The van der Waals surface area contributed by atoms with Crippen LogP contribution in [0.5, 0.6) is 11.5 Å². The van der Waals surface area contributed by atoms with Crippen LogP contribution in [0.4, 0.5) is 10.3 Å². The van der Waals surface area contributed by atoms with Gasteiger partial charge in [0.2, 0.25) is 5.95 Å². The molecule has 3 aromatic rings. The predicted octanol–water partition coefficient (Wildman–Crippen LogP) is 3.72. The molecule has 1 aliphatic heterocycles. The van der Waals surface area contributed by atoms with Crippen LogP contribution in [0.1, 0.15) is 15.9 Å². The van der Waals surface area contributed by atoms with E-state index in [1.165, 1.54) is 18.2 Å². The van der Waals surface area contributed by atoms with Crippen LogP contribution in [0, 0.1) is 5.82 Å². The minimum absolute atomic E-state index is 0. The fraction of sp³-hybridized carbons (Fsp3) is 0.261. The standard InChI is InChI=1S/C23H24FN5O2.2ClH/c24-21-7-6-19(31-18-4-2-17(3-5-18)8-9-25)16-20(21)22(30)28-12-14-29(15-13-28)23-26-10-1-11-27-23;;/h1-7,10-11,16H,8-9,12-15,25H2;2*1H. The maximum absolute atomic E-state index is 14.4. The molecule has 0 spiro atoms. The zero-order valence-corrected chi connectivity index (χ0v) is 19.5. The van der Waals surface area contributed by atoms with Gasteiger partial charge < -0.3 is 20.3 Å². The van der Waals surface area contributed by atoms with Gasteiger partial charge >= 0.3 is 0 Å². The van der Waals surface area contributed by atoms with Crippen LogP contribution >= 0.6 is 24.8 Å². The Kier molecular flexibility index (Phi) is 9.84. The fourth-order valence-corrected chi connectivity index (χ4v) is 3.49. The van der Waals surface area contributed by atoms with E-state index in [0.717, 1.165) is 12.0 Å². The highest BCUT2D eigenvalue weighted by molar-refractivity contribution is 5.95. The summed E-state index contributed by atoms with van der Waals surface area (Å²) in [5.74, 6) is 0.739. The molecule has 176 valence electrons. The van der Waals surface area contributed by atoms with Crippen molar-refractivity contribution in [1.82, 2.24) is 14.9 Å². The third-order valence-corrected chi connectivity index (χ3v) is 5.16. The molecule has 0 unspecified atom stereocenters. The molecule has 0 atom stereocenters. The normalized spacial score (nSPS) is 13.0. The number of carbonyl (C=O) groups is 1. The minimum atomic E-state index is -0.565. The highest BCUT2D eigenvalue weighted by Crippen LogP contribution is 2.25. The Morgan fingerprint density at radius 2 is 1.61 bits per heavy atom. The van der Waals surface area contributed by atoms with Gasteiger partial charge in [-0.2, -0.15) is 0 Å². The molecule has 4 rings (SSSR count). The predicted molar refractivity (Wildman–Crippen MR) is 130 cm³/mol. The average Bonchev–Trinajstić information content (AvgIpc) is 2.82. The van der Waals surface area contributed by atoms with Gasteiger partial charge in [-0.05, 0) is 54.9 Å². The zero-order chi connectivity index (χ0) is 21.6. The second-order valence-corrected chi connectivity index (χ2v) is 7.25. The van der Waals surface area contributed by atoms with Gasteiger partial charge in [0.1, 0.15) is 17.3 Å². The van der Waals surface area contributed by atoms with Crippen LogP contribution < -0.4 is 15.4 Å². The Morgan fingerprint density at radius 1 is 0.970 bits per heavy atom. The van der Waals surface area contributed by atoms with Crippen molar-refractivity contribution < 1.29 is 13.9 Å². The van der Waals surface area contributed by atoms with Gasteiger partial charge in [-0.3, -0.25) is 4.79 Å². The molecule has 10 heteroatoms. The lowest BCUT2D eigenvalue weighted by atomic mass is 10.1. The summed E-state index contributed by atoms with van der Waals surface area (Å²) in [5.41, 5.74) is 6.69. The van der Waals surface area contributed by atoms with Crippen molar-refractivity contribution in [2.45, 2.75) is 6.42 Å². The maximum Gasteiger partial charge on any atom is 0.257 e. The molecule has 7 nitrogen and oxygen atoms in total. The number of aromatic nitrogens is 2. The molecular weight excluding hydrogens is 468 g/mol. The maximum atomic E-state index is 14.4. The second-order valence-electron chi connectivity index (χ2n) is 7.25. The first-order valence-corrected chi connectivity index (χ1v) is 10.2. The van der Waals surface area contributed by atoms with Gasteiger partial charge in [0, 0.05) is 38.6 Å². The summed E-state index contributed by atoms with van der Waals surface area (Å²) in [6.07, 6.45) is 4.16. The number of anilines is 1. The minimum Gasteiger partial charge on any atom is -0.457 e. The number of halogens is 3. The average molecular weight is 494 g/mol. The first-order chi connectivity index (χ1) is 15.1. The number of nitrogens with two attached hydrogens (primary N) is 1. The van der Waals surface area contributed by atoms with Gasteiger partial charge in [-0.15, -0.1) is 24.8 Å². The van der Waals surface area contributed by atoms with E-state index < -0.39 is 5.82 Å². The molecule has 0 bridgehead atoms. The monoisotopic (exact) mass is 493 g/mol. The highest BCUT2D eigenvalue weighted by atomic mass is 35.5. The second kappa shape index (κ2) is 12.3. The van der Waals surface area contributed by atoms with Crippen molar-refractivity contribution in [3.8, 4) is 11.5 Å². The van der Waals surface area contributed by atoms with Crippen LogP contribution in [0.2, 0.25) is 0 Å². The van der Waals surface area contributed by atoms with Gasteiger partial charge in [0.25, 0.3) is 5.91 Å². The summed E-state index contributed by atoms with van der Waals surface area (Å²) in [7, 11) is 0. The molecule has 0 radical (unpaired) electrons. The van der Waals surface area contributed by atoms with Crippen molar-refractivity contribution in [3.63, 3.8) is 0 Å². The van der Waals surface area contributed by atoms with Crippen LogP contribution in [0.3, 0.4) is 0 Å². The summed E-state index contributed by atoms with van der Waals surface area (Å²) in [4.78, 5) is 25.1. The smallest absolute Gasteiger partial charge is 0.257 e. The van der Waals surface area contributed by atoms with Crippen molar-refractivity contribution in [2.75, 3.05) is 37.6 Å². The van der Waals surface area contributed by atoms with E-state index in [9.17, 15) is 9.18 Å². The molecule has 1 fully saturated rings. The summed E-state index contributed by atoms with van der Waals surface area (Å²) in [6.45, 7) is 2.68. The number of rotatable bonds is 6.